The van der Waals surface area contributed by atoms with E-state index in [-0.39, 0.29) is 5.82 Å². The molecule has 7 heteroatoms. The van der Waals surface area contributed by atoms with E-state index in [1.807, 2.05) is 25.1 Å². The van der Waals surface area contributed by atoms with Gasteiger partial charge in [0.2, 0.25) is 5.75 Å². The number of benzene rings is 2. The van der Waals surface area contributed by atoms with E-state index < -0.39 is 0 Å². The first kappa shape index (κ1) is 21.3. The molecule has 2 aromatic carbocycles. The van der Waals surface area contributed by atoms with Crippen molar-refractivity contribution >= 4 is 5.96 Å². The molecule has 28 heavy (non-hydrogen) atoms. The van der Waals surface area contributed by atoms with Crippen LogP contribution in [0.25, 0.3) is 0 Å². The zero-order chi connectivity index (χ0) is 20.5. The van der Waals surface area contributed by atoms with Gasteiger partial charge in [0, 0.05) is 13.1 Å². The molecule has 0 aliphatic rings. The van der Waals surface area contributed by atoms with Gasteiger partial charge in [0.05, 0.1) is 27.9 Å². The standard InChI is InChI=1S/C21H28FN3O3/c1-6-23-21(24-12-15-7-8-17(22)14(2)9-15)25-13-16-10-18(26-3)20(28-5)19(11-16)27-4/h7-11H,6,12-13H2,1-5H3,(H2,23,24,25). The van der Waals surface area contributed by atoms with Crippen LogP contribution in [0.3, 0.4) is 0 Å². The van der Waals surface area contributed by atoms with Gasteiger partial charge >= 0.3 is 0 Å². The van der Waals surface area contributed by atoms with Gasteiger partial charge in [0.1, 0.15) is 5.82 Å². The Hall–Kier alpha value is -2.96. The molecule has 0 fully saturated rings. The molecule has 0 amide bonds. The van der Waals surface area contributed by atoms with Crippen molar-refractivity contribution in [3.05, 3.63) is 52.8 Å². The highest BCUT2D eigenvalue weighted by Crippen LogP contribution is 2.38. The number of hydrogen-bond acceptors (Lipinski definition) is 4. The molecule has 0 aromatic heterocycles. The first-order valence-corrected chi connectivity index (χ1v) is 9.08. The van der Waals surface area contributed by atoms with Crippen LogP contribution in [0.1, 0.15) is 23.6 Å². The van der Waals surface area contributed by atoms with Crippen molar-refractivity contribution in [2.45, 2.75) is 26.9 Å². The summed E-state index contributed by atoms with van der Waals surface area (Å²) in [7, 11) is 4.74. The van der Waals surface area contributed by atoms with E-state index in [9.17, 15) is 4.39 Å². The molecule has 0 atom stereocenters. The van der Waals surface area contributed by atoms with E-state index in [2.05, 4.69) is 15.6 Å². The summed E-state index contributed by atoms with van der Waals surface area (Å²) in [5.41, 5.74) is 2.53. The third kappa shape index (κ3) is 5.52. The maximum atomic E-state index is 13.4. The summed E-state index contributed by atoms with van der Waals surface area (Å²) >= 11 is 0. The highest BCUT2D eigenvalue weighted by atomic mass is 19.1. The van der Waals surface area contributed by atoms with E-state index in [0.717, 1.165) is 17.7 Å². The van der Waals surface area contributed by atoms with Crippen LogP contribution in [0.5, 0.6) is 17.2 Å². The second-order valence-corrected chi connectivity index (χ2v) is 6.17. The Balaban J connectivity index is 2.14. The van der Waals surface area contributed by atoms with Crippen LogP contribution in [0, 0.1) is 12.7 Å². The largest absolute Gasteiger partial charge is 0.493 e. The van der Waals surface area contributed by atoms with Crippen molar-refractivity contribution in [2.75, 3.05) is 27.9 Å². The zero-order valence-electron chi connectivity index (χ0n) is 17.1. The minimum absolute atomic E-state index is 0.202. The number of methoxy groups -OCH3 is 3. The van der Waals surface area contributed by atoms with Crippen molar-refractivity contribution in [1.82, 2.24) is 10.6 Å². The number of ether oxygens (including phenoxy) is 3. The van der Waals surface area contributed by atoms with E-state index in [1.165, 1.54) is 6.07 Å². The lowest BCUT2D eigenvalue weighted by atomic mass is 10.1. The van der Waals surface area contributed by atoms with Crippen molar-refractivity contribution < 1.29 is 18.6 Å². The molecule has 0 bridgehead atoms. The summed E-state index contributed by atoms with van der Waals surface area (Å²) in [6.07, 6.45) is 0. The monoisotopic (exact) mass is 389 g/mol. The van der Waals surface area contributed by atoms with Gasteiger partial charge in [-0.3, -0.25) is 0 Å². The lowest BCUT2D eigenvalue weighted by Crippen LogP contribution is -2.36. The normalized spacial score (nSPS) is 11.1. The van der Waals surface area contributed by atoms with Gasteiger partial charge in [-0.1, -0.05) is 12.1 Å². The molecule has 2 aromatic rings. The molecule has 0 unspecified atom stereocenters. The molecule has 0 spiro atoms. The number of nitrogens with one attached hydrogen (secondary N) is 2. The minimum Gasteiger partial charge on any atom is -0.493 e. The number of guanidine groups is 1. The third-order valence-electron chi connectivity index (χ3n) is 4.17. The summed E-state index contributed by atoms with van der Waals surface area (Å²) in [5, 5.41) is 6.47. The number of nitrogens with zero attached hydrogens (tertiary/aromatic N) is 1. The van der Waals surface area contributed by atoms with E-state index in [1.54, 1.807) is 34.3 Å². The van der Waals surface area contributed by atoms with E-state index in [0.29, 0.717) is 41.9 Å². The Bertz CT molecular complexity index is 800. The quantitative estimate of drug-likeness (QED) is 0.535. The number of aliphatic imine (C=N–C) groups is 1. The van der Waals surface area contributed by atoms with Gasteiger partial charge in [-0.25, -0.2) is 9.38 Å². The fraction of sp³-hybridized carbons (Fsp3) is 0.381. The van der Waals surface area contributed by atoms with E-state index >= 15 is 0 Å². The maximum absolute atomic E-state index is 13.4. The van der Waals surface area contributed by atoms with Crippen LogP contribution in [0.15, 0.2) is 35.3 Å². The van der Waals surface area contributed by atoms with Crippen LogP contribution >= 0.6 is 0 Å². The minimum atomic E-state index is -0.202. The van der Waals surface area contributed by atoms with Gasteiger partial charge in [-0.15, -0.1) is 0 Å². The van der Waals surface area contributed by atoms with Crippen LogP contribution in [-0.4, -0.2) is 33.8 Å². The van der Waals surface area contributed by atoms with Crippen molar-refractivity contribution in [2.24, 2.45) is 4.99 Å². The number of hydrogen-bond donors (Lipinski definition) is 2. The average Bonchev–Trinajstić information content (AvgIpc) is 2.71. The molecule has 6 nitrogen and oxygen atoms in total. The predicted molar refractivity (Wildman–Crippen MR) is 109 cm³/mol. The Kier molecular flexibility index (Phi) is 7.92. The molecular formula is C21H28FN3O3. The Labute approximate surface area is 165 Å². The first-order valence-electron chi connectivity index (χ1n) is 9.08. The molecule has 2 rings (SSSR count). The van der Waals surface area contributed by atoms with Crippen LogP contribution in [0.4, 0.5) is 4.39 Å². The van der Waals surface area contributed by atoms with Gasteiger partial charge in [0.25, 0.3) is 0 Å². The highest BCUT2D eigenvalue weighted by molar-refractivity contribution is 5.79. The molecule has 0 aliphatic carbocycles. The smallest absolute Gasteiger partial charge is 0.203 e. The van der Waals surface area contributed by atoms with Gasteiger partial charge < -0.3 is 24.8 Å². The third-order valence-corrected chi connectivity index (χ3v) is 4.17. The summed E-state index contributed by atoms with van der Waals surface area (Å²) < 4.78 is 29.5. The van der Waals surface area contributed by atoms with Crippen LogP contribution in [-0.2, 0) is 13.1 Å². The SMILES string of the molecule is CCNC(=NCc1cc(OC)c(OC)c(OC)c1)NCc1ccc(F)c(C)c1. The Morgan fingerprint density at radius 1 is 0.964 bits per heavy atom. The van der Waals surface area contributed by atoms with Crippen molar-refractivity contribution in [1.29, 1.82) is 0 Å². The topological polar surface area (TPSA) is 64.1 Å². The van der Waals surface area contributed by atoms with Gasteiger partial charge in [0.15, 0.2) is 17.5 Å². The molecule has 0 saturated heterocycles. The van der Waals surface area contributed by atoms with Gasteiger partial charge in [-0.05, 0) is 48.7 Å². The Morgan fingerprint density at radius 3 is 2.18 bits per heavy atom. The van der Waals surface area contributed by atoms with Crippen molar-refractivity contribution in [3.63, 3.8) is 0 Å². The maximum Gasteiger partial charge on any atom is 0.203 e. The zero-order valence-corrected chi connectivity index (χ0v) is 17.1. The second kappa shape index (κ2) is 10.4. The summed E-state index contributed by atoms with van der Waals surface area (Å²) in [5.74, 6) is 2.19. The second-order valence-electron chi connectivity index (χ2n) is 6.17. The van der Waals surface area contributed by atoms with Crippen LogP contribution < -0.4 is 24.8 Å². The molecular weight excluding hydrogens is 361 g/mol. The fourth-order valence-electron chi connectivity index (χ4n) is 2.74. The number of aryl methyl sites for hydroxylation is 1. The predicted octanol–water partition coefficient (Wildman–Crippen LogP) is 3.42. The molecule has 0 heterocycles. The number of rotatable bonds is 8. The molecule has 0 saturated carbocycles. The molecule has 0 aliphatic heterocycles. The first-order chi connectivity index (χ1) is 13.5. The lowest BCUT2D eigenvalue weighted by molar-refractivity contribution is 0.324. The lowest BCUT2D eigenvalue weighted by Gasteiger charge is -2.14. The molecule has 2 N–H and O–H groups in total. The van der Waals surface area contributed by atoms with Crippen molar-refractivity contribution in [3.8, 4) is 17.2 Å². The van der Waals surface area contributed by atoms with Crippen LogP contribution in [0.2, 0.25) is 0 Å². The molecule has 152 valence electrons. The van der Waals surface area contributed by atoms with Gasteiger partial charge in [-0.2, -0.15) is 0 Å². The highest BCUT2D eigenvalue weighted by Gasteiger charge is 2.13. The summed E-state index contributed by atoms with van der Waals surface area (Å²) in [6.45, 7) is 5.45. The Morgan fingerprint density at radius 2 is 1.64 bits per heavy atom. The average molecular weight is 389 g/mol. The molecule has 0 radical (unpaired) electrons. The fourth-order valence-corrected chi connectivity index (χ4v) is 2.74. The van der Waals surface area contributed by atoms with E-state index in [4.69, 9.17) is 14.2 Å². The summed E-state index contributed by atoms with van der Waals surface area (Å²) in [4.78, 5) is 4.61. The summed E-state index contributed by atoms with van der Waals surface area (Å²) in [6, 6.07) is 8.81. The number of halogens is 1.